The molecule has 0 saturated heterocycles. The third kappa shape index (κ3) is 2.34. The second kappa shape index (κ2) is 4.92. The van der Waals surface area contributed by atoms with E-state index in [0.29, 0.717) is 23.6 Å². The molecule has 1 aliphatic rings. The van der Waals surface area contributed by atoms with Crippen molar-refractivity contribution in [2.24, 2.45) is 0 Å². The van der Waals surface area contributed by atoms with Crippen LogP contribution in [0.1, 0.15) is 11.1 Å². The van der Waals surface area contributed by atoms with Crippen LogP contribution in [-0.4, -0.2) is 11.9 Å². The Morgan fingerprint density at radius 3 is 2.70 bits per heavy atom. The molecule has 0 radical (unpaired) electrons. The van der Waals surface area contributed by atoms with E-state index in [1.54, 1.807) is 12.1 Å². The smallest absolute Gasteiger partial charge is 0.231 e. The first-order chi connectivity index (χ1) is 9.63. The van der Waals surface area contributed by atoms with E-state index in [0.717, 1.165) is 11.3 Å². The maximum Gasteiger partial charge on any atom is 0.231 e. The number of halogens is 1. The average Bonchev–Trinajstić information content (AvgIpc) is 2.84. The second-order valence-corrected chi connectivity index (χ2v) is 4.65. The number of hydrogen-bond acceptors (Lipinski definition) is 4. The minimum Gasteiger partial charge on any atom is -0.507 e. The Labute approximate surface area is 115 Å². The van der Waals surface area contributed by atoms with Crippen LogP contribution in [0.3, 0.4) is 0 Å². The van der Waals surface area contributed by atoms with Crippen LogP contribution in [0.4, 0.5) is 10.1 Å². The maximum atomic E-state index is 13.0. The Balaban J connectivity index is 1.78. The summed E-state index contributed by atoms with van der Waals surface area (Å²) in [4.78, 5) is 0. The molecule has 5 heteroatoms. The molecule has 2 N–H and O–H groups in total. The van der Waals surface area contributed by atoms with E-state index >= 15 is 0 Å². The Morgan fingerprint density at radius 1 is 1.20 bits per heavy atom. The minimum atomic E-state index is -0.265. The van der Waals surface area contributed by atoms with Crippen LogP contribution in [0.5, 0.6) is 17.2 Å². The summed E-state index contributed by atoms with van der Waals surface area (Å²) < 4.78 is 23.5. The van der Waals surface area contributed by atoms with Gasteiger partial charge in [-0.2, -0.15) is 0 Å². The maximum absolute atomic E-state index is 13.0. The van der Waals surface area contributed by atoms with Gasteiger partial charge < -0.3 is 19.9 Å². The van der Waals surface area contributed by atoms with Gasteiger partial charge >= 0.3 is 0 Å². The van der Waals surface area contributed by atoms with E-state index in [1.807, 2.05) is 6.92 Å². The normalized spacial score (nSPS) is 12.5. The van der Waals surface area contributed by atoms with Crippen molar-refractivity contribution in [3.63, 3.8) is 0 Å². The van der Waals surface area contributed by atoms with Gasteiger partial charge in [-0.25, -0.2) is 4.39 Å². The Kier molecular flexibility index (Phi) is 3.10. The molecular formula is C15H14FNO3. The fraction of sp³-hybridized carbons (Fsp3) is 0.200. The summed E-state index contributed by atoms with van der Waals surface area (Å²) in [6, 6.07) is 7.81. The number of anilines is 1. The summed E-state index contributed by atoms with van der Waals surface area (Å²) in [5.74, 6) is 1.04. The van der Waals surface area contributed by atoms with E-state index in [-0.39, 0.29) is 18.4 Å². The molecule has 0 fully saturated rings. The molecule has 0 spiro atoms. The first-order valence-electron chi connectivity index (χ1n) is 6.25. The van der Waals surface area contributed by atoms with E-state index in [1.165, 1.54) is 18.2 Å². The van der Waals surface area contributed by atoms with Crippen molar-refractivity contribution in [1.29, 1.82) is 0 Å². The van der Waals surface area contributed by atoms with Crippen molar-refractivity contribution in [3.8, 4) is 17.2 Å². The van der Waals surface area contributed by atoms with Crippen LogP contribution in [0.25, 0.3) is 0 Å². The number of aromatic hydroxyl groups is 1. The van der Waals surface area contributed by atoms with Crippen LogP contribution in [0, 0.1) is 12.7 Å². The lowest BCUT2D eigenvalue weighted by Gasteiger charge is -2.11. The average molecular weight is 275 g/mol. The Bertz CT molecular complexity index is 658. The molecule has 20 heavy (non-hydrogen) atoms. The fourth-order valence-corrected chi connectivity index (χ4v) is 2.13. The molecule has 1 aliphatic heterocycles. The number of benzene rings is 2. The van der Waals surface area contributed by atoms with Gasteiger partial charge in [-0.1, -0.05) is 0 Å². The molecule has 104 valence electrons. The summed E-state index contributed by atoms with van der Waals surface area (Å²) in [5.41, 5.74) is 2.33. The molecule has 0 amide bonds. The molecule has 4 nitrogen and oxygen atoms in total. The summed E-state index contributed by atoms with van der Waals surface area (Å²) in [7, 11) is 0. The van der Waals surface area contributed by atoms with Crippen molar-refractivity contribution < 1.29 is 19.0 Å². The molecule has 2 aromatic carbocycles. The van der Waals surface area contributed by atoms with Gasteiger partial charge in [-0.05, 0) is 36.8 Å². The van der Waals surface area contributed by atoms with Gasteiger partial charge in [0.25, 0.3) is 0 Å². The molecular weight excluding hydrogens is 261 g/mol. The summed E-state index contributed by atoms with van der Waals surface area (Å²) in [5, 5.41) is 13.1. The van der Waals surface area contributed by atoms with Crippen LogP contribution < -0.4 is 14.8 Å². The standard InChI is InChI=1S/C15H14FNO3/c1-9-4-11(16)2-3-12(9)17-7-10-5-14-15(6-13(10)18)20-8-19-14/h2-6,17-18H,7-8H2,1H3. The number of phenolic OH excluding ortho intramolecular Hbond substituents is 1. The Morgan fingerprint density at radius 2 is 1.95 bits per heavy atom. The number of ether oxygens (including phenoxy) is 2. The predicted molar refractivity (Wildman–Crippen MR) is 72.7 cm³/mol. The van der Waals surface area contributed by atoms with Crippen LogP contribution in [-0.2, 0) is 6.54 Å². The van der Waals surface area contributed by atoms with Gasteiger partial charge in [0.15, 0.2) is 11.5 Å². The summed E-state index contributed by atoms with van der Waals surface area (Å²) >= 11 is 0. The molecule has 0 bridgehead atoms. The number of nitrogens with one attached hydrogen (secondary N) is 1. The van der Waals surface area contributed by atoms with Crippen molar-refractivity contribution in [3.05, 3.63) is 47.3 Å². The van der Waals surface area contributed by atoms with E-state index in [4.69, 9.17) is 9.47 Å². The van der Waals surface area contributed by atoms with Crippen molar-refractivity contribution in [2.75, 3.05) is 12.1 Å². The predicted octanol–water partition coefficient (Wildman–Crippen LogP) is 3.18. The number of fused-ring (bicyclic) bond motifs is 1. The number of rotatable bonds is 3. The first kappa shape index (κ1) is 12.6. The zero-order valence-electron chi connectivity index (χ0n) is 10.9. The van der Waals surface area contributed by atoms with Gasteiger partial charge in [0.05, 0.1) is 0 Å². The largest absolute Gasteiger partial charge is 0.507 e. The monoisotopic (exact) mass is 275 g/mol. The van der Waals surface area contributed by atoms with Gasteiger partial charge in [-0.3, -0.25) is 0 Å². The van der Waals surface area contributed by atoms with Crippen LogP contribution >= 0.6 is 0 Å². The highest BCUT2D eigenvalue weighted by Crippen LogP contribution is 2.37. The quantitative estimate of drug-likeness (QED) is 0.903. The zero-order chi connectivity index (χ0) is 14.1. The molecule has 0 aromatic heterocycles. The Hall–Kier alpha value is -2.43. The lowest BCUT2D eigenvalue weighted by atomic mass is 10.1. The van der Waals surface area contributed by atoms with Gasteiger partial charge in [-0.15, -0.1) is 0 Å². The number of aryl methyl sites for hydroxylation is 1. The van der Waals surface area contributed by atoms with Crippen molar-refractivity contribution in [1.82, 2.24) is 0 Å². The highest BCUT2D eigenvalue weighted by Gasteiger charge is 2.16. The number of phenols is 1. The van der Waals surface area contributed by atoms with Crippen LogP contribution in [0.2, 0.25) is 0 Å². The third-order valence-corrected chi connectivity index (χ3v) is 3.23. The molecule has 2 aromatic rings. The second-order valence-electron chi connectivity index (χ2n) is 4.65. The topological polar surface area (TPSA) is 50.7 Å². The molecule has 0 aliphatic carbocycles. The third-order valence-electron chi connectivity index (χ3n) is 3.23. The van der Waals surface area contributed by atoms with E-state index < -0.39 is 0 Å². The van der Waals surface area contributed by atoms with Gasteiger partial charge in [0.2, 0.25) is 6.79 Å². The number of hydrogen-bond donors (Lipinski definition) is 2. The fourth-order valence-electron chi connectivity index (χ4n) is 2.13. The zero-order valence-corrected chi connectivity index (χ0v) is 10.9. The lowest BCUT2D eigenvalue weighted by Crippen LogP contribution is -2.01. The van der Waals surface area contributed by atoms with Crippen molar-refractivity contribution in [2.45, 2.75) is 13.5 Å². The first-order valence-corrected chi connectivity index (χ1v) is 6.25. The van der Waals surface area contributed by atoms with Gasteiger partial charge in [0.1, 0.15) is 11.6 Å². The lowest BCUT2D eigenvalue weighted by molar-refractivity contribution is 0.174. The molecule has 0 unspecified atom stereocenters. The van der Waals surface area contributed by atoms with E-state index in [2.05, 4.69) is 5.32 Å². The highest BCUT2D eigenvalue weighted by atomic mass is 19.1. The minimum absolute atomic E-state index is 0.140. The van der Waals surface area contributed by atoms with Gasteiger partial charge in [0, 0.05) is 23.9 Å². The summed E-state index contributed by atoms with van der Waals surface area (Å²) in [6.07, 6.45) is 0. The van der Waals surface area contributed by atoms with Crippen molar-refractivity contribution >= 4 is 5.69 Å². The van der Waals surface area contributed by atoms with Crippen LogP contribution in [0.15, 0.2) is 30.3 Å². The van der Waals surface area contributed by atoms with E-state index in [9.17, 15) is 9.50 Å². The highest BCUT2D eigenvalue weighted by molar-refractivity contribution is 5.54. The molecule has 3 rings (SSSR count). The summed E-state index contributed by atoms with van der Waals surface area (Å²) in [6.45, 7) is 2.41. The molecule has 0 saturated carbocycles. The molecule has 1 heterocycles. The molecule has 0 atom stereocenters. The SMILES string of the molecule is Cc1cc(F)ccc1NCc1cc2c(cc1O)OCO2.